The predicted octanol–water partition coefficient (Wildman–Crippen LogP) is 3.25. The number of amides is 1. The van der Waals surface area contributed by atoms with E-state index in [-0.39, 0.29) is 0 Å². The molecule has 0 unspecified atom stereocenters. The van der Waals surface area contributed by atoms with E-state index in [4.69, 9.17) is 11.6 Å². The molecule has 0 fully saturated rings. The second-order valence-electron chi connectivity index (χ2n) is 4.19. The van der Waals surface area contributed by atoms with Gasteiger partial charge in [-0.15, -0.1) is 0 Å². The smallest absolute Gasteiger partial charge is 0.210 e. The van der Waals surface area contributed by atoms with Crippen molar-refractivity contribution < 1.29 is 4.79 Å². The van der Waals surface area contributed by atoms with Gasteiger partial charge in [0.2, 0.25) is 6.41 Å². The molecule has 3 heteroatoms. The minimum atomic E-state index is 0.648. The molecule has 0 bridgehead atoms. The summed E-state index contributed by atoms with van der Waals surface area (Å²) in [6.07, 6.45) is 4.80. The van der Waals surface area contributed by atoms with Crippen LogP contribution in [0.4, 0.5) is 0 Å². The van der Waals surface area contributed by atoms with Gasteiger partial charge in [-0.1, -0.05) is 23.8 Å². The molecule has 0 aliphatic carbocycles. The van der Waals surface area contributed by atoms with E-state index in [0.717, 1.165) is 36.9 Å². The van der Waals surface area contributed by atoms with Gasteiger partial charge < -0.3 is 4.90 Å². The summed E-state index contributed by atoms with van der Waals surface area (Å²) >= 11 is 5.85. The van der Waals surface area contributed by atoms with Gasteiger partial charge in [-0.25, -0.2) is 0 Å². The van der Waals surface area contributed by atoms with E-state index in [1.807, 2.05) is 13.0 Å². The molecule has 1 heterocycles. The van der Waals surface area contributed by atoms with Crippen LogP contribution >= 0.6 is 11.6 Å². The van der Waals surface area contributed by atoms with Crippen molar-refractivity contribution in [2.45, 2.75) is 26.7 Å². The molecule has 0 atom stereocenters. The highest BCUT2D eigenvalue weighted by Crippen LogP contribution is 2.23. The fourth-order valence-electron chi connectivity index (χ4n) is 1.91. The monoisotopic (exact) mass is 239 g/mol. The van der Waals surface area contributed by atoms with Crippen molar-refractivity contribution in [3.8, 4) is 0 Å². The largest absolute Gasteiger partial charge is 0.341 e. The molecule has 0 aromatic carbocycles. The first-order chi connectivity index (χ1) is 7.54. The molecular formula is C13H18ClNO. The quantitative estimate of drug-likeness (QED) is 0.547. The van der Waals surface area contributed by atoms with Gasteiger partial charge >= 0.3 is 0 Å². The maximum atomic E-state index is 10.8. The van der Waals surface area contributed by atoms with E-state index in [1.165, 1.54) is 5.57 Å². The van der Waals surface area contributed by atoms with E-state index in [9.17, 15) is 4.79 Å². The van der Waals surface area contributed by atoms with Crippen LogP contribution in [0.5, 0.6) is 0 Å². The number of halogens is 1. The average molecular weight is 240 g/mol. The maximum Gasteiger partial charge on any atom is 0.210 e. The number of carbonyl (C=O) groups excluding carboxylic acids is 1. The normalized spacial score (nSPS) is 18.4. The highest BCUT2D eigenvalue weighted by Gasteiger charge is 2.14. The summed E-state index contributed by atoms with van der Waals surface area (Å²) in [4.78, 5) is 12.6. The molecule has 0 aromatic rings. The van der Waals surface area contributed by atoms with Gasteiger partial charge in [-0.3, -0.25) is 4.79 Å². The summed E-state index contributed by atoms with van der Waals surface area (Å²) in [7, 11) is 0. The van der Waals surface area contributed by atoms with Crippen molar-refractivity contribution >= 4 is 18.0 Å². The van der Waals surface area contributed by atoms with Crippen molar-refractivity contribution in [1.29, 1.82) is 0 Å². The molecule has 0 aromatic heterocycles. The minimum absolute atomic E-state index is 0.648. The first-order valence-electron chi connectivity index (χ1n) is 5.45. The Bertz CT molecular complexity index is 351. The molecule has 2 nitrogen and oxygen atoms in total. The number of hydrogen-bond acceptors (Lipinski definition) is 1. The van der Waals surface area contributed by atoms with Crippen LogP contribution in [0.2, 0.25) is 0 Å². The zero-order chi connectivity index (χ0) is 12.1. The second kappa shape index (κ2) is 5.90. The fraction of sp³-hybridized carbons (Fsp3) is 0.462. The van der Waals surface area contributed by atoms with Crippen molar-refractivity contribution in [3.63, 3.8) is 0 Å². The number of hydrogen-bond donors (Lipinski definition) is 0. The lowest BCUT2D eigenvalue weighted by atomic mass is 9.99. The van der Waals surface area contributed by atoms with Crippen LogP contribution in [0.15, 0.2) is 34.4 Å². The van der Waals surface area contributed by atoms with E-state index in [0.29, 0.717) is 11.6 Å². The maximum absolute atomic E-state index is 10.8. The lowest BCUT2D eigenvalue weighted by Crippen LogP contribution is -2.24. The molecule has 0 saturated carbocycles. The first-order valence-corrected chi connectivity index (χ1v) is 5.83. The van der Waals surface area contributed by atoms with Gasteiger partial charge in [-0.05, 0) is 43.9 Å². The van der Waals surface area contributed by atoms with E-state index in [1.54, 1.807) is 4.90 Å². The van der Waals surface area contributed by atoms with Gasteiger partial charge in [0.15, 0.2) is 0 Å². The van der Waals surface area contributed by atoms with E-state index < -0.39 is 0 Å². The highest BCUT2D eigenvalue weighted by molar-refractivity contribution is 6.29. The van der Waals surface area contributed by atoms with Crippen molar-refractivity contribution in [2.75, 3.05) is 13.1 Å². The molecule has 88 valence electrons. The van der Waals surface area contributed by atoms with Crippen LogP contribution in [0.3, 0.4) is 0 Å². The third-order valence-corrected chi connectivity index (χ3v) is 2.89. The SMILES string of the molecule is C=C(C=C(C)Cl)C1=C(C)CCCN(C=O)C1. The van der Waals surface area contributed by atoms with Crippen molar-refractivity contribution in [3.05, 3.63) is 34.4 Å². The Morgan fingerprint density at radius 3 is 2.81 bits per heavy atom. The van der Waals surface area contributed by atoms with Gasteiger partial charge in [0.25, 0.3) is 0 Å². The lowest BCUT2D eigenvalue weighted by Gasteiger charge is -2.17. The van der Waals surface area contributed by atoms with Crippen LogP contribution in [0.1, 0.15) is 26.7 Å². The van der Waals surface area contributed by atoms with Crippen LogP contribution in [0, 0.1) is 0 Å². The summed E-state index contributed by atoms with van der Waals surface area (Å²) in [5.74, 6) is 0. The Kier molecular flexibility index (Phi) is 4.81. The standard InChI is InChI=1S/C13H18ClNO/c1-10-5-4-6-15(9-16)8-13(10)11(2)7-12(3)14/h7,9H,2,4-6,8H2,1,3H3. The Labute approximate surface area is 102 Å². The second-order valence-corrected chi connectivity index (χ2v) is 4.79. The van der Waals surface area contributed by atoms with Crippen molar-refractivity contribution in [1.82, 2.24) is 4.90 Å². The third-order valence-electron chi connectivity index (χ3n) is 2.78. The third kappa shape index (κ3) is 3.53. The Morgan fingerprint density at radius 1 is 1.56 bits per heavy atom. The summed E-state index contributed by atoms with van der Waals surface area (Å²) in [5.41, 5.74) is 3.37. The average Bonchev–Trinajstić information content (AvgIpc) is 2.38. The number of carbonyl (C=O) groups is 1. The van der Waals surface area contributed by atoms with Gasteiger partial charge in [0.1, 0.15) is 0 Å². The van der Waals surface area contributed by atoms with Gasteiger partial charge in [-0.2, -0.15) is 0 Å². The molecule has 1 amide bonds. The zero-order valence-electron chi connectivity index (χ0n) is 9.92. The number of rotatable bonds is 3. The van der Waals surface area contributed by atoms with E-state index >= 15 is 0 Å². The van der Waals surface area contributed by atoms with Crippen LogP contribution < -0.4 is 0 Å². The molecule has 0 N–H and O–H groups in total. The molecule has 0 spiro atoms. The predicted molar refractivity (Wildman–Crippen MR) is 68.3 cm³/mol. The lowest BCUT2D eigenvalue weighted by molar-refractivity contribution is -0.117. The highest BCUT2D eigenvalue weighted by atomic mass is 35.5. The van der Waals surface area contributed by atoms with Crippen LogP contribution in [-0.4, -0.2) is 24.4 Å². The molecule has 1 aliphatic rings. The number of allylic oxidation sites excluding steroid dienone is 3. The molecule has 16 heavy (non-hydrogen) atoms. The Morgan fingerprint density at radius 2 is 2.25 bits per heavy atom. The summed E-state index contributed by atoms with van der Waals surface area (Å²) < 4.78 is 0. The Hall–Kier alpha value is -1.02. The van der Waals surface area contributed by atoms with Crippen molar-refractivity contribution in [2.24, 2.45) is 0 Å². The molecular weight excluding hydrogens is 222 g/mol. The number of nitrogens with zero attached hydrogens (tertiary/aromatic N) is 1. The summed E-state index contributed by atoms with van der Waals surface area (Å²) in [6.45, 7) is 9.42. The van der Waals surface area contributed by atoms with Gasteiger partial charge in [0, 0.05) is 18.1 Å². The molecule has 0 radical (unpaired) electrons. The first kappa shape index (κ1) is 13.0. The Balaban J connectivity index is 2.93. The fourth-order valence-corrected chi connectivity index (χ4v) is 2.04. The van der Waals surface area contributed by atoms with Crippen LogP contribution in [-0.2, 0) is 4.79 Å². The molecule has 0 saturated heterocycles. The zero-order valence-corrected chi connectivity index (χ0v) is 10.7. The van der Waals surface area contributed by atoms with Gasteiger partial charge in [0.05, 0.1) is 0 Å². The topological polar surface area (TPSA) is 20.3 Å². The van der Waals surface area contributed by atoms with E-state index in [2.05, 4.69) is 13.5 Å². The summed E-state index contributed by atoms with van der Waals surface area (Å²) in [5, 5.41) is 0.715. The molecule has 1 rings (SSSR count). The molecule has 1 aliphatic heterocycles. The minimum Gasteiger partial charge on any atom is -0.341 e. The van der Waals surface area contributed by atoms with Crippen LogP contribution in [0.25, 0.3) is 0 Å². The summed E-state index contributed by atoms with van der Waals surface area (Å²) in [6, 6.07) is 0.